The standard InChI is InChI=1S/C18H25FN2O2/c19-16-8-2-1-7-15(16)11-20-13-18(23)9-4-10-21(17(18)22)12-14-5-3-6-14/h1-2,7-8,14,20,23H,3-6,9-13H2/t18-/m0/s1. The Morgan fingerprint density at radius 3 is 2.78 bits per heavy atom. The van der Waals surface area contributed by atoms with Crippen LogP contribution in [0.15, 0.2) is 24.3 Å². The molecule has 126 valence electrons. The molecular weight excluding hydrogens is 295 g/mol. The Morgan fingerprint density at radius 1 is 1.30 bits per heavy atom. The van der Waals surface area contributed by atoms with Crippen LogP contribution in [0.5, 0.6) is 0 Å². The third kappa shape index (κ3) is 3.72. The topological polar surface area (TPSA) is 52.6 Å². The molecule has 1 heterocycles. The summed E-state index contributed by atoms with van der Waals surface area (Å²) in [6.07, 6.45) is 4.91. The van der Waals surface area contributed by atoms with E-state index in [1.807, 2.05) is 4.90 Å². The molecule has 1 aliphatic heterocycles. The molecule has 0 bridgehead atoms. The Morgan fingerprint density at radius 2 is 2.09 bits per heavy atom. The number of likely N-dealkylation sites (tertiary alicyclic amines) is 1. The molecule has 1 aromatic rings. The van der Waals surface area contributed by atoms with Gasteiger partial charge < -0.3 is 15.3 Å². The highest BCUT2D eigenvalue weighted by molar-refractivity contribution is 5.86. The summed E-state index contributed by atoms with van der Waals surface area (Å²) in [6.45, 7) is 1.99. The van der Waals surface area contributed by atoms with Gasteiger partial charge in [0, 0.05) is 31.7 Å². The van der Waals surface area contributed by atoms with Crippen molar-refractivity contribution in [1.82, 2.24) is 10.2 Å². The molecule has 4 nitrogen and oxygen atoms in total. The first-order valence-electron chi connectivity index (χ1n) is 8.54. The van der Waals surface area contributed by atoms with Crippen molar-refractivity contribution in [3.05, 3.63) is 35.6 Å². The second-order valence-electron chi connectivity index (χ2n) is 6.88. The quantitative estimate of drug-likeness (QED) is 0.844. The zero-order valence-electron chi connectivity index (χ0n) is 13.4. The number of benzene rings is 1. The summed E-state index contributed by atoms with van der Waals surface area (Å²) in [5, 5.41) is 13.8. The zero-order chi connectivity index (χ0) is 16.3. The van der Waals surface area contributed by atoms with Gasteiger partial charge in [0.15, 0.2) is 5.60 Å². The lowest BCUT2D eigenvalue weighted by atomic mass is 9.83. The third-order valence-corrected chi connectivity index (χ3v) is 5.10. The molecule has 1 saturated carbocycles. The van der Waals surface area contributed by atoms with Crippen LogP contribution in [0, 0.1) is 11.7 Å². The fraction of sp³-hybridized carbons (Fsp3) is 0.611. The minimum absolute atomic E-state index is 0.168. The van der Waals surface area contributed by atoms with Crippen molar-refractivity contribution in [3.8, 4) is 0 Å². The monoisotopic (exact) mass is 320 g/mol. The Balaban J connectivity index is 1.54. The molecule has 3 rings (SSSR count). The highest BCUT2D eigenvalue weighted by Gasteiger charge is 2.42. The summed E-state index contributed by atoms with van der Waals surface area (Å²) in [5.41, 5.74) is -0.807. The van der Waals surface area contributed by atoms with Crippen LogP contribution in [-0.2, 0) is 11.3 Å². The highest BCUT2D eigenvalue weighted by Crippen LogP contribution is 2.30. The van der Waals surface area contributed by atoms with Gasteiger partial charge in [-0.15, -0.1) is 0 Å². The largest absolute Gasteiger partial charge is 0.379 e. The van der Waals surface area contributed by atoms with E-state index in [9.17, 15) is 14.3 Å². The number of amides is 1. The van der Waals surface area contributed by atoms with Crippen LogP contribution in [0.3, 0.4) is 0 Å². The zero-order valence-corrected chi connectivity index (χ0v) is 13.4. The number of carbonyl (C=O) groups excluding carboxylic acids is 1. The lowest BCUT2D eigenvalue weighted by Gasteiger charge is -2.41. The summed E-state index contributed by atoms with van der Waals surface area (Å²) < 4.78 is 13.6. The van der Waals surface area contributed by atoms with Gasteiger partial charge in [-0.2, -0.15) is 0 Å². The molecule has 0 unspecified atom stereocenters. The Hall–Kier alpha value is -1.46. The molecule has 0 aromatic heterocycles. The van der Waals surface area contributed by atoms with Gasteiger partial charge in [0.1, 0.15) is 5.82 Å². The number of piperidine rings is 1. The maximum atomic E-state index is 13.6. The average Bonchev–Trinajstić information content (AvgIpc) is 2.49. The van der Waals surface area contributed by atoms with Crippen molar-refractivity contribution in [3.63, 3.8) is 0 Å². The first kappa shape index (κ1) is 16.4. The number of hydrogen-bond donors (Lipinski definition) is 2. The number of rotatable bonds is 6. The fourth-order valence-electron chi connectivity index (χ4n) is 3.44. The van der Waals surface area contributed by atoms with Crippen molar-refractivity contribution in [1.29, 1.82) is 0 Å². The summed E-state index contributed by atoms with van der Waals surface area (Å²) in [5.74, 6) is 0.165. The normalized spacial score (nSPS) is 25.5. The van der Waals surface area contributed by atoms with Gasteiger partial charge in [-0.25, -0.2) is 4.39 Å². The van der Waals surface area contributed by atoms with Gasteiger partial charge in [-0.1, -0.05) is 24.6 Å². The summed E-state index contributed by atoms with van der Waals surface area (Å²) in [6, 6.07) is 6.55. The maximum Gasteiger partial charge on any atom is 0.255 e. The van der Waals surface area contributed by atoms with Crippen molar-refractivity contribution < 1.29 is 14.3 Å². The number of hydrogen-bond acceptors (Lipinski definition) is 3. The molecule has 0 spiro atoms. The van der Waals surface area contributed by atoms with Crippen molar-refractivity contribution in [2.75, 3.05) is 19.6 Å². The van der Waals surface area contributed by atoms with E-state index in [1.165, 1.54) is 25.3 Å². The SMILES string of the molecule is O=C1N(CC2CCC2)CCC[C@]1(O)CNCc1ccccc1F. The van der Waals surface area contributed by atoms with Crippen molar-refractivity contribution in [2.45, 2.75) is 44.2 Å². The molecule has 23 heavy (non-hydrogen) atoms. The predicted octanol–water partition coefficient (Wildman–Crippen LogP) is 2.07. The minimum Gasteiger partial charge on any atom is -0.379 e. The number of nitrogens with zero attached hydrogens (tertiary/aromatic N) is 1. The Kier molecular flexibility index (Phi) is 4.97. The summed E-state index contributed by atoms with van der Waals surface area (Å²) >= 11 is 0. The molecule has 2 fully saturated rings. The fourth-order valence-corrected chi connectivity index (χ4v) is 3.44. The van der Waals surface area contributed by atoms with Crippen LogP contribution in [0.25, 0.3) is 0 Å². The average molecular weight is 320 g/mol. The summed E-state index contributed by atoms with van der Waals surface area (Å²) in [7, 11) is 0. The van der Waals surface area contributed by atoms with E-state index >= 15 is 0 Å². The molecule has 5 heteroatoms. The molecule has 2 N–H and O–H groups in total. The number of aliphatic hydroxyl groups is 1. The smallest absolute Gasteiger partial charge is 0.255 e. The maximum absolute atomic E-state index is 13.6. The lowest BCUT2D eigenvalue weighted by molar-refractivity contribution is -0.157. The second-order valence-corrected chi connectivity index (χ2v) is 6.88. The van der Waals surface area contributed by atoms with E-state index in [1.54, 1.807) is 18.2 Å². The molecule has 0 radical (unpaired) electrons. The van der Waals surface area contributed by atoms with E-state index in [4.69, 9.17) is 0 Å². The molecule has 1 aliphatic carbocycles. The number of nitrogens with one attached hydrogen (secondary N) is 1. The van der Waals surface area contributed by atoms with Gasteiger partial charge in [0.05, 0.1) is 0 Å². The van der Waals surface area contributed by atoms with E-state index in [2.05, 4.69) is 5.32 Å². The molecule has 1 saturated heterocycles. The van der Waals surface area contributed by atoms with Crippen LogP contribution in [-0.4, -0.2) is 41.1 Å². The molecular formula is C18H25FN2O2. The van der Waals surface area contributed by atoms with Crippen LogP contribution in [0.4, 0.5) is 4.39 Å². The van der Waals surface area contributed by atoms with Crippen LogP contribution in [0.2, 0.25) is 0 Å². The molecule has 1 amide bonds. The van der Waals surface area contributed by atoms with Gasteiger partial charge in [-0.3, -0.25) is 4.79 Å². The second kappa shape index (κ2) is 6.97. The number of carbonyl (C=O) groups is 1. The Bertz CT molecular complexity index is 562. The molecule has 1 atom stereocenters. The van der Waals surface area contributed by atoms with Crippen molar-refractivity contribution in [2.24, 2.45) is 5.92 Å². The van der Waals surface area contributed by atoms with Crippen LogP contribution < -0.4 is 5.32 Å². The van der Waals surface area contributed by atoms with Gasteiger partial charge in [0.2, 0.25) is 0 Å². The lowest BCUT2D eigenvalue weighted by Crippen LogP contribution is -2.58. The van der Waals surface area contributed by atoms with Gasteiger partial charge in [0.25, 0.3) is 5.91 Å². The van der Waals surface area contributed by atoms with E-state index in [0.29, 0.717) is 24.4 Å². The highest BCUT2D eigenvalue weighted by atomic mass is 19.1. The predicted molar refractivity (Wildman–Crippen MR) is 86.2 cm³/mol. The summed E-state index contributed by atoms with van der Waals surface area (Å²) in [4.78, 5) is 14.4. The first-order chi connectivity index (χ1) is 11.1. The van der Waals surface area contributed by atoms with Crippen molar-refractivity contribution >= 4 is 5.91 Å². The Labute approximate surface area is 136 Å². The van der Waals surface area contributed by atoms with Crippen LogP contribution in [0.1, 0.15) is 37.7 Å². The van der Waals surface area contributed by atoms with Gasteiger partial charge in [-0.05, 0) is 37.7 Å². The minimum atomic E-state index is -1.35. The molecule has 2 aliphatic rings. The van der Waals surface area contributed by atoms with Crippen LogP contribution >= 0.6 is 0 Å². The number of halogens is 1. The first-order valence-corrected chi connectivity index (χ1v) is 8.54. The van der Waals surface area contributed by atoms with Gasteiger partial charge >= 0.3 is 0 Å². The third-order valence-electron chi connectivity index (χ3n) is 5.10. The van der Waals surface area contributed by atoms with E-state index in [-0.39, 0.29) is 18.3 Å². The molecule has 1 aromatic carbocycles. The van der Waals surface area contributed by atoms with E-state index < -0.39 is 5.60 Å². The van der Waals surface area contributed by atoms with E-state index in [0.717, 1.165) is 19.5 Å².